The van der Waals surface area contributed by atoms with E-state index in [-0.39, 0.29) is 0 Å². The van der Waals surface area contributed by atoms with Crippen LogP contribution in [0.4, 0.5) is 5.69 Å². The van der Waals surface area contributed by atoms with E-state index >= 15 is 0 Å². The molecule has 0 saturated heterocycles. The van der Waals surface area contributed by atoms with Gasteiger partial charge < -0.3 is 19.9 Å². The van der Waals surface area contributed by atoms with Gasteiger partial charge in [-0.15, -0.1) is 0 Å². The summed E-state index contributed by atoms with van der Waals surface area (Å²) in [5.41, 5.74) is 6.44. The first-order chi connectivity index (χ1) is 9.72. The predicted molar refractivity (Wildman–Crippen MR) is 82.5 cm³/mol. The molecule has 0 atom stereocenters. The van der Waals surface area contributed by atoms with Gasteiger partial charge in [-0.3, -0.25) is 0 Å². The van der Waals surface area contributed by atoms with E-state index in [4.69, 9.17) is 19.9 Å². The van der Waals surface area contributed by atoms with Crippen molar-refractivity contribution in [1.29, 1.82) is 0 Å². The molecule has 0 bridgehead atoms. The molecule has 0 spiro atoms. The Hall–Kier alpha value is -1.88. The molecule has 5 heteroatoms. The highest BCUT2D eigenvalue weighted by Gasteiger charge is 2.06. The van der Waals surface area contributed by atoms with Crippen LogP contribution in [0.25, 0.3) is 0 Å². The van der Waals surface area contributed by atoms with E-state index < -0.39 is 0 Å². The van der Waals surface area contributed by atoms with E-state index in [1.807, 2.05) is 36.4 Å². The lowest BCUT2D eigenvalue weighted by Crippen LogP contribution is -2.10. The first-order valence-electron chi connectivity index (χ1n) is 6.15. The predicted octanol–water partition coefficient (Wildman–Crippen LogP) is 3.50. The van der Waals surface area contributed by atoms with E-state index in [1.165, 1.54) is 0 Å². The Morgan fingerprint density at radius 2 is 1.65 bits per heavy atom. The summed E-state index contributed by atoms with van der Waals surface area (Å²) in [6.45, 7) is 0.798. The van der Waals surface area contributed by atoms with Crippen LogP contribution in [0.3, 0.4) is 0 Å². The van der Waals surface area contributed by atoms with Crippen molar-refractivity contribution in [3.8, 4) is 17.2 Å². The minimum Gasteiger partial charge on any atom is -0.493 e. The van der Waals surface area contributed by atoms with Gasteiger partial charge in [-0.1, -0.05) is 18.2 Å². The van der Waals surface area contributed by atoms with Crippen LogP contribution in [0.2, 0.25) is 0 Å². The van der Waals surface area contributed by atoms with Gasteiger partial charge in [-0.25, -0.2) is 0 Å². The van der Waals surface area contributed by atoms with Gasteiger partial charge in [-0.2, -0.15) is 0 Å². The lowest BCUT2D eigenvalue weighted by Gasteiger charge is -2.13. The number of hydrogen-bond donors (Lipinski definition) is 1. The average Bonchev–Trinajstić information content (AvgIpc) is 2.46. The zero-order valence-electron chi connectivity index (χ0n) is 11.1. The Morgan fingerprint density at radius 3 is 2.35 bits per heavy atom. The van der Waals surface area contributed by atoms with Gasteiger partial charge in [0.2, 0.25) is 0 Å². The van der Waals surface area contributed by atoms with Crippen molar-refractivity contribution >= 4 is 21.6 Å². The fraction of sp³-hybridized carbons (Fsp3) is 0.200. The number of rotatable bonds is 6. The third-order valence-electron chi connectivity index (χ3n) is 2.65. The van der Waals surface area contributed by atoms with Crippen LogP contribution in [-0.2, 0) is 0 Å². The number of benzene rings is 2. The molecular weight excluding hydrogens is 322 g/mol. The molecule has 106 valence electrons. The Kier molecular flexibility index (Phi) is 5.12. The first-order valence-corrected chi connectivity index (χ1v) is 6.94. The van der Waals surface area contributed by atoms with Gasteiger partial charge in [0.15, 0.2) is 17.2 Å². The Labute approximate surface area is 126 Å². The molecule has 20 heavy (non-hydrogen) atoms. The SMILES string of the molecule is COc1ccccc1OCCOc1c(N)cccc1Br. The summed E-state index contributed by atoms with van der Waals surface area (Å²) in [5.74, 6) is 2.03. The molecule has 2 aromatic carbocycles. The number of ether oxygens (including phenoxy) is 3. The maximum Gasteiger partial charge on any atom is 0.161 e. The van der Waals surface area contributed by atoms with Crippen molar-refractivity contribution in [3.05, 3.63) is 46.9 Å². The van der Waals surface area contributed by atoms with Gasteiger partial charge in [0.05, 0.1) is 17.3 Å². The van der Waals surface area contributed by atoms with Gasteiger partial charge in [0.25, 0.3) is 0 Å². The molecule has 0 saturated carbocycles. The molecule has 0 unspecified atom stereocenters. The summed E-state index contributed by atoms with van der Waals surface area (Å²) in [6, 6.07) is 13.0. The molecule has 0 radical (unpaired) electrons. The maximum atomic E-state index is 5.84. The summed E-state index contributed by atoms with van der Waals surface area (Å²) in [7, 11) is 1.61. The second-order valence-electron chi connectivity index (χ2n) is 4.01. The normalized spacial score (nSPS) is 10.1. The van der Waals surface area contributed by atoms with Crippen molar-refractivity contribution in [2.75, 3.05) is 26.1 Å². The third kappa shape index (κ3) is 3.57. The zero-order chi connectivity index (χ0) is 14.4. The average molecular weight is 338 g/mol. The molecule has 2 N–H and O–H groups in total. The number of para-hydroxylation sites is 3. The monoisotopic (exact) mass is 337 g/mol. The van der Waals surface area contributed by atoms with E-state index in [0.717, 1.165) is 4.47 Å². The summed E-state index contributed by atoms with van der Waals surface area (Å²) in [4.78, 5) is 0. The minimum atomic E-state index is 0.394. The van der Waals surface area contributed by atoms with Crippen LogP contribution >= 0.6 is 15.9 Å². The standard InChI is InChI=1S/C15H16BrNO3/c1-18-13-7-2-3-8-14(13)19-9-10-20-15-11(16)5-4-6-12(15)17/h2-8H,9-10,17H2,1H3. The molecule has 0 heterocycles. The molecule has 2 aromatic rings. The van der Waals surface area contributed by atoms with Crippen LogP contribution in [0.1, 0.15) is 0 Å². The second-order valence-corrected chi connectivity index (χ2v) is 4.86. The molecule has 0 aliphatic rings. The van der Waals surface area contributed by atoms with Crippen LogP contribution in [0, 0.1) is 0 Å². The molecule has 0 aromatic heterocycles. The van der Waals surface area contributed by atoms with Gasteiger partial charge >= 0.3 is 0 Å². The highest BCUT2D eigenvalue weighted by atomic mass is 79.9. The van der Waals surface area contributed by atoms with Gasteiger partial charge in [-0.05, 0) is 40.2 Å². The van der Waals surface area contributed by atoms with Gasteiger partial charge in [0, 0.05) is 0 Å². The fourth-order valence-electron chi connectivity index (χ4n) is 1.71. The Morgan fingerprint density at radius 1 is 0.950 bits per heavy atom. The number of anilines is 1. The van der Waals surface area contributed by atoms with Crippen molar-refractivity contribution < 1.29 is 14.2 Å². The van der Waals surface area contributed by atoms with E-state index in [9.17, 15) is 0 Å². The molecule has 0 amide bonds. The molecule has 0 aliphatic heterocycles. The van der Waals surface area contributed by atoms with Crippen molar-refractivity contribution in [2.45, 2.75) is 0 Å². The van der Waals surface area contributed by atoms with Crippen LogP contribution in [0.5, 0.6) is 17.2 Å². The lowest BCUT2D eigenvalue weighted by molar-refractivity contribution is 0.211. The summed E-state index contributed by atoms with van der Waals surface area (Å²) in [6.07, 6.45) is 0. The molecule has 4 nitrogen and oxygen atoms in total. The number of methoxy groups -OCH3 is 1. The number of nitrogens with two attached hydrogens (primary N) is 1. The molecular formula is C15H16BrNO3. The van der Waals surface area contributed by atoms with E-state index in [0.29, 0.717) is 36.1 Å². The van der Waals surface area contributed by atoms with Crippen LogP contribution in [0.15, 0.2) is 46.9 Å². The largest absolute Gasteiger partial charge is 0.493 e. The number of hydrogen-bond acceptors (Lipinski definition) is 4. The lowest BCUT2D eigenvalue weighted by atomic mass is 10.3. The number of nitrogen functional groups attached to an aromatic ring is 1. The Balaban J connectivity index is 1.88. The van der Waals surface area contributed by atoms with E-state index in [1.54, 1.807) is 13.2 Å². The molecule has 0 fully saturated rings. The van der Waals surface area contributed by atoms with Crippen LogP contribution in [-0.4, -0.2) is 20.3 Å². The summed E-state index contributed by atoms with van der Waals surface area (Å²) < 4.78 is 17.3. The minimum absolute atomic E-state index is 0.394. The van der Waals surface area contributed by atoms with Crippen molar-refractivity contribution in [2.24, 2.45) is 0 Å². The topological polar surface area (TPSA) is 53.7 Å². The van der Waals surface area contributed by atoms with Crippen LogP contribution < -0.4 is 19.9 Å². The van der Waals surface area contributed by atoms with E-state index in [2.05, 4.69) is 15.9 Å². The second kappa shape index (κ2) is 7.05. The molecule has 2 rings (SSSR count). The summed E-state index contributed by atoms with van der Waals surface area (Å²) in [5, 5.41) is 0. The van der Waals surface area contributed by atoms with Crippen molar-refractivity contribution in [3.63, 3.8) is 0 Å². The smallest absolute Gasteiger partial charge is 0.161 e. The quantitative estimate of drug-likeness (QED) is 0.647. The van der Waals surface area contributed by atoms with Gasteiger partial charge in [0.1, 0.15) is 13.2 Å². The number of halogens is 1. The highest BCUT2D eigenvalue weighted by Crippen LogP contribution is 2.31. The molecule has 0 aliphatic carbocycles. The fourth-order valence-corrected chi connectivity index (χ4v) is 2.21. The highest BCUT2D eigenvalue weighted by molar-refractivity contribution is 9.10. The summed E-state index contributed by atoms with van der Waals surface area (Å²) >= 11 is 3.40. The maximum absolute atomic E-state index is 5.84. The first kappa shape index (κ1) is 14.5. The Bertz CT molecular complexity index is 555. The zero-order valence-corrected chi connectivity index (χ0v) is 12.7. The van der Waals surface area contributed by atoms with Crippen molar-refractivity contribution in [1.82, 2.24) is 0 Å². The third-order valence-corrected chi connectivity index (χ3v) is 3.28.